The van der Waals surface area contributed by atoms with Gasteiger partial charge in [-0.15, -0.1) is 0 Å². The van der Waals surface area contributed by atoms with Gasteiger partial charge in [-0.3, -0.25) is 9.10 Å². The molecule has 2 aromatic rings. The number of nitrogens with one attached hydrogen (secondary N) is 1. The topological polar surface area (TPSA) is 66.5 Å². The summed E-state index contributed by atoms with van der Waals surface area (Å²) in [5.74, 6) is 0.737. The number of hydrogen-bond acceptors (Lipinski definition) is 4. The molecule has 1 aliphatic rings. The number of nitrogens with zero attached hydrogens (tertiary/aromatic N) is 1. The van der Waals surface area contributed by atoms with Crippen LogP contribution in [-0.2, 0) is 14.8 Å². The lowest BCUT2D eigenvalue weighted by molar-refractivity contribution is -0.119. The molecule has 0 bridgehead atoms. The zero-order valence-corrected chi connectivity index (χ0v) is 20.7. The first-order valence-electron chi connectivity index (χ1n) is 11.4. The lowest BCUT2D eigenvalue weighted by Crippen LogP contribution is -2.41. The first kappa shape index (κ1) is 24.6. The first-order valence-corrected chi connectivity index (χ1v) is 13.9. The Labute approximate surface area is 197 Å². The number of amides is 1. The molecule has 7 heteroatoms. The molecule has 0 aliphatic heterocycles. The predicted octanol–water partition coefficient (Wildman–Crippen LogP) is 5.07. The Hall–Kier alpha value is -1.99. The lowest BCUT2D eigenvalue weighted by Gasteiger charge is -2.26. The minimum absolute atomic E-state index is 0.177. The molecule has 3 rings (SSSR count). The molecular weight excluding hydrogens is 440 g/mol. The Morgan fingerprint density at radius 2 is 1.78 bits per heavy atom. The van der Waals surface area contributed by atoms with Gasteiger partial charge in [0.05, 0.1) is 10.6 Å². The average molecular weight is 475 g/mol. The van der Waals surface area contributed by atoms with Crippen molar-refractivity contribution >= 4 is 33.4 Å². The fraction of sp³-hybridized carbons (Fsp3) is 0.480. The van der Waals surface area contributed by atoms with Crippen LogP contribution in [0.5, 0.6) is 0 Å². The van der Waals surface area contributed by atoms with Crippen LogP contribution in [0.25, 0.3) is 0 Å². The van der Waals surface area contributed by atoms with Gasteiger partial charge in [0, 0.05) is 11.8 Å². The molecule has 1 saturated carbocycles. The lowest BCUT2D eigenvalue weighted by atomic mass is 10.0. The van der Waals surface area contributed by atoms with E-state index in [1.54, 1.807) is 36.4 Å². The van der Waals surface area contributed by atoms with Crippen LogP contribution in [0, 0.1) is 13.8 Å². The molecule has 0 radical (unpaired) electrons. The Morgan fingerprint density at radius 3 is 2.47 bits per heavy atom. The highest BCUT2D eigenvalue weighted by atomic mass is 32.2. The number of aryl methyl sites for hydroxylation is 2. The van der Waals surface area contributed by atoms with E-state index in [9.17, 15) is 13.2 Å². The molecular formula is C25H34N2O3S2. The number of carbonyl (C=O) groups is 1. The molecule has 1 N–H and O–H groups in total. The van der Waals surface area contributed by atoms with E-state index in [1.165, 1.54) is 36.4 Å². The summed E-state index contributed by atoms with van der Waals surface area (Å²) in [6.07, 6.45) is 7.52. The highest BCUT2D eigenvalue weighted by Crippen LogP contribution is 2.29. The minimum Gasteiger partial charge on any atom is -0.354 e. The Morgan fingerprint density at radius 1 is 1.06 bits per heavy atom. The van der Waals surface area contributed by atoms with Gasteiger partial charge >= 0.3 is 0 Å². The summed E-state index contributed by atoms with van der Waals surface area (Å²) in [5.41, 5.74) is 2.40. The molecule has 0 atom stereocenters. The monoisotopic (exact) mass is 474 g/mol. The van der Waals surface area contributed by atoms with Crippen LogP contribution in [0.2, 0.25) is 0 Å². The summed E-state index contributed by atoms with van der Waals surface area (Å²) in [5, 5.41) is 3.68. The second kappa shape index (κ2) is 11.8. The summed E-state index contributed by atoms with van der Waals surface area (Å²) in [7, 11) is -3.87. The van der Waals surface area contributed by atoms with Crippen LogP contribution in [0.3, 0.4) is 0 Å². The van der Waals surface area contributed by atoms with Gasteiger partial charge < -0.3 is 5.32 Å². The molecule has 5 nitrogen and oxygen atoms in total. The van der Waals surface area contributed by atoms with E-state index in [0.717, 1.165) is 28.6 Å². The maximum absolute atomic E-state index is 13.4. The van der Waals surface area contributed by atoms with Gasteiger partial charge in [0.25, 0.3) is 10.0 Å². The second-order valence-corrected chi connectivity index (χ2v) is 11.7. The van der Waals surface area contributed by atoms with E-state index in [2.05, 4.69) is 5.32 Å². The van der Waals surface area contributed by atoms with Gasteiger partial charge in [-0.2, -0.15) is 11.8 Å². The number of thioether (sulfide) groups is 1. The van der Waals surface area contributed by atoms with Crippen molar-refractivity contribution in [1.29, 1.82) is 0 Å². The number of hydrogen-bond donors (Lipinski definition) is 1. The molecule has 1 aliphatic carbocycles. The smallest absolute Gasteiger partial charge is 0.264 e. The zero-order valence-electron chi connectivity index (χ0n) is 19.0. The molecule has 174 valence electrons. The molecule has 0 heterocycles. The summed E-state index contributed by atoms with van der Waals surface area (Å²) in [4.78, 5) is 12.9. The Bertz CT molecular complexity index is 988. The molecule has 2 aromatic carbocycles. The zero-order chi connectivity index (χ0) is 23.0. The number of anilines is 1. The van der Waals surface area contributed by atoms with Crippen molar-refractivity contribution in [1.82, 2.24) is 5.32 Å². The van der Waals surface area contributed by atoms with Gasteiger partial charge in [0.15, 0.2) is 0 Å². The van der Waals surface area contributed by atoms with E-state index in [-0.39, 0.29) is 17.3 Å². The Balaban J connectivity index is 1.64. The van der Waals surface area contributed by atoms with E-state index in [1.807, 2.05) is 37.7 Å². The van der Waals surface area contributed by atoms with Crippen molar-refractivity contribution in [2.45, 2.75) is 62.5 Å². The molecule has 1 amide bonds. The van der Waals surface area contributed by atoms with Gasteiger partial charge in [-0.25, -0.2) is 8.42 Å². The van der Waals surface area contributed by atoms with E-state index in [0.29, 0.717) is 12.2 Å². The van der Waals surface area contributed by atoms with Gasteiger partial charge in [-0.1, -0.05) is 55.2 Å². The number of benzene rings is 2. The molecule has 32 heavy (non-hydrogen) atoms. The number of sulfonamides is 1. The fourth-order valence-corrected chi connectivity index (χ4v) is 6.89. The molecule has 0 aromatic heterocycles. The number of carbonyl (C=O) groups excluding carboxylic acids is 1. The summed E-state index contributed by atoms with van der Waals surface area (Å²) >= 11 is 2.01. The molecule has 0 saturated heterocycles. The maximum atomic E-state index is 13.4. The number of rotatable bonds is 10. The molecule has 1 fully saturated rings. The first-order chi connectivity index (χ1) is 15.4. The van der Waals surface area contributed by atoms with Crippen molar-refractivity contribution in [2.24, 2.45) is 0 Å². The normalized spacial score (nSPS) is 14.8. The Kier molecular flexibility index (Phi) is 9.05. The van der Waals surface area contributed by atoms with Crippen molar-refractivity contribution in [3.63, 3.8) is 0 Å². The van der Waals surface area contributed by atoms with Crippen LogP contribution in [0.15, 0.2) is 53.4 Å². The standard InChI is InChI=1S/C25H34N2O3S2/c1-20-14-15-24(21(2)18-20)27(32(29,30)23-12-7-4-8-13-23)19-25(28)26-16-9-17-31-22-10-5-3-6-11-22/h4,7-8,12-15,18,22H,3,5-6,9-11,16-17,19H2,1-2H3,(H,26,28). The third kappa shape index (κ3) is 6.75. The predicted molar refractivity (Wildman–Crippen MR) is 134 cm³/mol. The SMILES string of the molecule is Cc1ccc(N(CC(=O)NCCCSC2CCCCC2)S(=O)(=O)c2ccccc2)c(C)c1. The van der Waals surface area contributed by atoms with Gasteiger partial charge in [0.2, 0.25) is 5.91 Å². The third-order valence-corrected chi connectivity index (χ3v) is 9.03. The van der Waals surface area contributed by atoms with E-state index < -0.39 is 10.0 Å². The third-order valence-electron chi connectivity index (χ3n) is 5.79. The summed E-state index contributed by atoms with van der Waals surface area (Å²) < 4.78 is 28.0. The quantitative estimate of drug-likeness (QED) is 0.488. The molecule has 0 unspecified atom stereocenters. The maximum Gasteiger partial charge on any atom is 0.264 e. The average Bonchev–Trinajstić information content (AvgIpc) is 2.79. The van der Waals surface area contributed by atoms with E-state index in [4.69, 9.17) is 0 Å². The van der Waals surface area contributed by atoms with Crippen molar-refractivity contribution in [2.75, 3.05) is 23.1 Å². The molecule has 0 spiro atoms. The van der Waals surface area contributed by atoms with Crippen molar-refractivity contribution in [3.05, 3.63) is 59.7 Å². The van der Waals surface area contributed by atoms with Crippen LogP contribution in [0.4, 0.5) is 5.69 Å². The van der Waals surface area contributed by atoms with Crippen LogP contribution < -0.4 is 9.62 Å². The van der Waals surface area contributed by atoms with Gasteiger partial charge in [0.1, 0.15) is 6.54 Å². The van der Waals surface area contributed by atoms with Crippen molar-refractivity contribution < 1.29 is 13.2 Å². The highest BCUT2D eigenvalue weighted by Gasteiger charge is 2.28. The summed E-state index contributed by atoms with van der Waals surface area (Å²) in [6, 6.07) is 13.9. The van der Waals surface area contributed by atoms with Crippen LogP contribution in [-0.4, -0.2) is 38.4 Å². The van der Waals surface area contributed by atoms with E-state index >= 15 is 0 Å². The second-order valence-electron chi connectivity index (χ2n) is 8.45. The minimum atomic E-state index is -3.87. The van der Waals surface area contributed by atoms with Gasteiger partial charge in [-0.05, 0) is 62.6 Å². The fourth-order valence-electron chi connectivity index (χ4n) is 4.07. The largest absolute Gasteiger partial charge is 0.354 e. The highest BCUT2D eigenvalue weighted by molar-refractivity contribution is 7.99. The van der Waals surface area contributed by atoms with Crippen LogP contribution >= 0.6 is 11.8 Å². The van der Waals surface area contributed by atoms with Crippen LogP contribution in [0.1, 0.15) is 49.7 Å². The summed E-state index contributed by atoms with van der Waals surface area (Å²) in [6.45, 7) is 4.16. The van der Waals surface area contributed by atoms with Crippen molar-refractivity contribution in [3.8, 4) is 0 Å².